The summed E-state index contributed by atoms with van der Waals surface area (Å²) in [7, 11) is 0. The summed E-state index contributed by atoms with van der Waals surface area (Å²) in [5.74, 6) is 0.856. The fourth-order valence-corrected chi connectivity index (χ4v) is 4.77. The zero-order chi connectivity index (χ0) is 23.5. The van der Waals surface area contributed by atoms with Gasteiger partial charge >= 0.3 is 0 Å². The third-order valence-corrected chi connectivity index (χ3v) is 6.60. The number of anilines is 1. The lowest BCUT2D eigenvalue weighted by molar-refractivity contribution is 0.514. The number of hydrogen-bond acceptors (Lipinski definition) is 6. The first kappa shape index (κ1) is 19.9. The molecule has 7 rings (SSSR count). The molecule has 9 heteroatoms. The number of aromatic amines is 2. The molecule has 35 heavy (non-hydrogen) atoms. The van der Waals surface area contributed by atoms with Crippen molar-refractivity contribution in [1.29, 1.82) is 0 Å². The molecule has 0 bridgehead atoms. The second-order valence-corrected chi connectivity index (χ2v) is 9.10. The van der Waals surface area contributed by atoms with E-state index >= 15 is 0 Å². The molecule has 4 aromatic heterocycles. The normalized spacial score (nSPS) is 14.2. The van der Waals surface area contributed by atoms with E-state index in [1.807, 2.05) is 42.2 Å². The number of imidazole rings is 1. The minimum atomic E-state index is 0.208. The maximum Gasteiger partial charge on any atom is 0.147 e. The highest BCUT2D eigenvalue weighted by molar-refractivity contribution is 5.99. The largest absolute Gasteiger partial charge is 0.353 e. The van der Waals surface area contributed by atoms with Gasteiger partial charge in [-0.3, -0.25) is 10.1 Å². The Morgan fingerprint density at radius 2 is 1.94 bits per heavy atom. The smallest absolute Gasteiger partial charge is 0.147 e. The van der Waals surface area contributed by atoms with Crippen LogP contribution >= 0.6 is 0 Å². The summed E-state index contributed by atoms with van der Waals surface area (Å²) < 4.78 is 2.05. The van der Waals surface area contributed by atoms with Gasteiger partial charge in [0.2, 0.25) is 0 Å². The number of benzene rings is 2. The Labute approximate surface area is 200 Å². The van der Waals surface area contributed by atoms with Gasteiger partial charge in [-0.15, -0.1) is 0 Å². The minimum absolute atomic E-state index is 0.208. The van der Waals surface area contributed by atoms with Gasteiger partial charge < -0.3 is 20.2 Å². The second kappa shape index (κ2) is 7.51. The molecule has 0 aliphatic carbocycles. The molecule has 172 valence electrons. The second-order valence-electron chi connectivity index (χ2n) is 9.10. The van der Waals surface area contributed by atoms with Crippen molar-refractivity contribution in [3.8, 4) is 28.3 Å². The molecule has 9 nitrogen and oxygen atoms in total. The van der Waals surface area contributed by atoms with E-state index in [0.29, 0.717) is 0 Å². The van der Waals surface area contributed by atoms with Crippen LogP contribution in [0.15, 0.2) is 67.4 Å². The van der Waals surface area contributed by atoms with Crippen LogP contribution in [0.4, 0.5) is 5.82 Å². The van der Waals surface area contributed by atoms with Crippen LogP contribution < -0.4 is 10.6 Å². The highest BCUT2D eigenvalue weighted by atomic mass is 15.3. The Balaban J connectivity index is 1.31. The van der Waals surface area contributed by atoms with Gasteiger partial charge in [0.25, 0.3) is 0 Å². The van der Waals surface area contributed by atoms with Crippen LogP contribution in [0.3, 0.4) is 0 Å². The standard InChI is InChI=1S/C26H23N9/c1-15-11-35(14-29-15)24-4-2-3-20-18(24)8-22(30-20)26-19-7-16(5-6-21(19)32-33-26)23-9-28-10-25(31-23)34-12-17(27)13-34/h2-11,14,17,30H,12-13,27H2,1H3,(H,32,33). The average molecular weight is 462 g/mol. The Hall–Kier alpha value is -4.50. The summed E-state index contributed by atoms with van der Waals surface area (Å²) in [5.41, 5.74) is 13.6. The molecule has 0 unspecified atom stereocenters. The van der Waals surface area contributed by atoms with Gasteiger partial charge in [0.05, 0.1) is 47.0 Å². The van der Waals surface area contributed by atoms with E-state index in [2.05, 4.69) is 54.3 Å². The Morgan fingerprint density at radius 1 is 1.03 bits per heavy atom. The van der Waals surface area contributed by atoms with Crippen LogP contribution in [0.2, 0.25) is 0 Å². The number of aryl methyl sites for hydroxylation is 1. The van der Waals surface area contributed by atoms with Gasteiger partial charge in [-0.25, -0.2) is 9.97 Å². The van der Waals surface area contributed by atoms with Crippen LogP contribution in [0, 0.1) is 6.92 Å². The van der Waals surface area contributed by atoms with E-state index < -0.39 is 0 Å². The van der Waals surface area contributed by atoms with E-state index in [4.69, 9.17) is 10.7 Å². The summed E-state index contributed by atoms with van der Waals surface area (Å²) in [5, 5.41) is 9.94. The van der Waals surface area contributed by atoms with Crippen molar-refractivity contribution in [3.05, 3.63) is 73.1 Å². The highest BCUT2D eigenvalue weighted by Crippen LogP contribution is 2.33. The van der Waals surface area contributed by atoms with Crippen molar-refractivity contribution in [2.45, 2.75) is 13.0 Å². The highest BCUT2D eigenvalue weighted by Gasteiger charge is 2.24. The fraction of sp³-hybridized carbons (Fsp3) is 0.154. The maximum atomic E-state index is 5.94. The van der Waals surface area contributed by atoms with Crippen molar-refractivity contribution in [1.82, 2.24) is 34.7 Å². The lowest BCUT2D eigenvalue weighted by atomic mass is 10.1. The molecule has 4 N–H and O–H groups in total. The van der Waals surface area contributed by atoms with Crippen molar-refractivity contribution < 1.29 is 0 Å². The summed E-state index contributed by atoms with van der Waals surface area (Å²) in [6, 6.07) is 14.8. The van der Waals surface area contributed by atoms with Gasteiger partial charge in [-0.05, 0) is 37.3 Å². The molecule has 6 aromatic rings. The lowest BCUT2D eigenvalue weighted by Crippen LogP contribution is -2.56. The number of nitrogens with two attached hydrogens (primary N) is 1. The van der Waals surface area contributed by atoms with Crippen molar-refractivity contribution in [2.75, 3.05) is 18.0 Å². The van der Waals surface area contributed by atoms with E-state index in [0.717, 1.165) is 74.7 Å². The van der Waals surface area contributed by atoms with Crippen LogP contribution in [0.25, 0.3) is 50.1 Å². The first-order valence-corrected chi connectivity index (χ1v) is 11.6. The average Bonchev–Trinajstić information content (AvgIpc) is 3.59. The minimum Gasteiger partial charge on any atom is -0.353 e. The zero-order valence-corrected chi connectivity index (χ0v) is 19.1. The van der Waals surface area contributed by atoms with E-state index in [1.54, 1.807) is 12.4 Å². The van der Waals surface area contributed by atoms with Crippen LogP contribution in [0.5, 0.6) is 0 Å². The fourth-order valence-electron chi connectivity index (χ4n) is 4.77. The Kier molecular flexibility index (Phi) is 4.27. The molecule has 0 radical (unpaired) electrons. The number of rotatable bonds is 4. The van der Waals surface area contributed by atoms with Crippen LogP contribution in [-0.4, -0.2) is 53.8 Å². The third-order valence-electron chi connectivity index (χ3n) is 6.60. The molecular formula is C26H23N9. The molecule has 1 fully saturated rings. The molecule has 1 aliphatic rings. The molecule has 1 saturated heterocycles. The van der Waals surface area contributed by atoms with Gasteiger partial charge in [0.1, 0.15) is 11.5 Å². The molecule has 1 aliphatic heterocycles. The quantitative estimate of drug-likeness (QED) is 0.368. The zero-order valence-electron chi connectivity index (χ0n) is 19.1. The summed E-state index contributed by atoms with van der Waals surface area (Å²) in [6.45, 7) is 3.61. The third kappa shape index (κ3) is 3.28. The number of H-pyrrole nitrogens is 2. The first-order chi connectivity index (χ1) is 17.1. The summed E-state index contributed by atoms with van der Waals surface area (Å²) >= 11 is 0. The molecule has 0 atom stereocenters. The van der Waals surface area contributed by atoms with Gasteiger partial charge in [0.15, 0.2) is 0 Å². The number of fused-ring (bicyclic) bond motifs is 2. The molecule has 5 heterocycles. The van der Waals surface area contributed by atoms with Crippen molar-refractivity contribution >= 4 is 27.6 Å². The topological polar surface area (TPSA) is 117 Å². The van der Waals surface area contributed by atoms with Gasteiger partial charge in [0, 0.05) is 47.2 Å². The molecular weight excluding hydrogens is 438 g/mol. The SMILES string of the molecule is Cc1cn(-c2cccc3[nH]c(-c4n[nH]c5ccc(-c6cncc(N7CC(N)C7)n6)cc45)cc23)cn1. The van der Waals surface area contributed by atoms with Gasteiger partial charge in [-0.1, -0.05) is 12.1 Å². The molecule has 0 saturated carbocycles. The predicted molar refractivity (Wildman–Crippen MR) is 136 cm³/mol. The van der Waals surface area contributed by atoms with E-state index in [-0.39, 0.29) is 6.04 Å². The number of hydrogen-bond donors (Lipinski definition) is 3. The van der Waals surface area contributed by atoms with E-state index in [9.17, 15) is 0 Å². The predicted octanol–water partition coefficient (Wildman–Crippen LogP) is 3.81. The number of nitrogens with zero attached hydrogens (tertiary/aromatic N) is 6. The summed E-state index contributed by atoms with van der Waals surface area (Å²) in [4.78, 5) is 19.3. The van der Waals surface area contributed by atoms with E-state index in [1.165, 1.54) is 0 Å². The molecule has 0 amide bonds. The molecule has 0 spiro atoms. The number of aromatic nitrogens is 7. The lowest BCUT2D eigenvalue weighted by Gasteiger charge is -2.37. The van der Waals surface area contributed by atoms with Gasteiger partial charge in [-0.2, -0.15) is 5.10 Å². The monoisotopic (exact) mass is 461 g/mol. The van der Waals surface area contributed by atoms with Crippen molar-refractivity contribution in [3.63, 3.8) is 0 Å². The number of nitrogens with one attached hydrogen (secondary N) is 2. The first-order valence-electron chi connectivity index (χ1n) is 11.6. The summed E-state index contributed by atoms with van der Waals surface area (Å²) in [6.07, 6.45) is 7.46. The maximum absolute atomic E-state index is 5.94. The van der Waals surface area contributed by atoms with Crippen molar-refractivity contribution in [2.24, 2.45) is 5.73 Å². The Bertz CT molecular complexity index is 1700. The molecule has 2 aromatic carbocycles. The van der Waals surface area contributed by atoms with Crippen LogP contribution in [0.1, 0.15) is 5.69 Å². The van der Waals surface area contributed by atoms with Crippen LogP contribution in [-0.2, 0) is 0 Å². The Morgan fingerprint density at radius 3 is 2.77 bits per heavy atom.